The van der Waals surface area contributed by atoms with Gasteiger partial charge in [0.25, 0.3) is 0 Å². The lowest BCUT2D eigenvalue weighted by Crippen LogP contribution is -2.26. The number of nitrogens with two attached hydrogens (primary N) is 1. The number of nitrogens with one attached hydrogen (secondary N) is 1. The molecule has 11 heteroatoms. The van der Waals surface area contributed by atoms with Crippen molar-refractivity contribution in [2.24, 2.45) is 0 Å². The first-order chi connectivity index (χ1) is 14.8. The molecule has 0 aliphatic carbocycles. The van der Waals surface area contributed by atoms with Crippen LogP contribution >= 0.6 is 11.3 Å². The molecule has 1 aromatic carbocycles. The van der Waals surface area contributed by atoms with Crippen molar-refractivity contribution in [2.45, 2.75) is 44.8 Å². The average molecular weight is 440 g/mol. The standard InChI is InChI=1S/C20H22BFN6O2S/c1-20(21,22)30-15-7-4-5-13(11-15)12-17(29)24-19-28-27-18(31-19)8-3-2-6-14-9-10-16(23)26-25-14/h4-5,7,9-11H,2-3,6,8,12H2,1H3,(H2,23,26)(H,24,28,29). The van der Waals surface area contributed by atoms with Crippen LogP contribution in [0.3, 0.4) is 0 Å². The third-order valence-corrected chi connectivity index (χ3v) is 5.01. The van der Waals surface area contributed by atoms with E-state index in [0.29, 0.717) is 16.5 Å². The second-order valence-electron chi connectivity index (χ2n) is 7.12. The number of unbranched alkanes of at least 4 members (excludes halogenated alkanes) is 1. The first kappa shape index (κ1) is 22.6. The van der Waals surface area contributed by atoms with E-state index < -0.39 is 5.75 Å². The molecule has 8 nitrogen and oxygen atoms in total. The largest absolute Gasteiger partial charge is 0.468 e. The Morgan fingerprint density at radius 3 is 2.74 bits per heavy atom. The van der Waals surface area contributed by atoms with E-state index in [1.807, 2.05) is 6.07 Å². The number of halogens is 1. The summed E-state index contributed by atoms with van der Waals surface area (Å²) in [5.41, 5.74) is 7.09. The van der Waals surface area contributed by atoms with Gasteiger partial charge < -0.3 is 15.8 Å². The molecular formula is C20H22BFN6O2S. The number of nitrogen functional groups attached to an aromatic ring is 1. The van der Waals surface area contributed by atoms with Crippen LogP contribution < -0.4 is 15.8 Å². The zero-order valence-corrected chi connectivity index (χ0v) is 17.9. The van der Waals surface area contributed by atoms with Crippen LogP contribution in [0.5, 0.6) is 5.75 Å². The number of hydrogen-bond donors (Lipinski definition) is 2. The number of rotatable bonds is 10. The van der Waals surface area contributed by atoms with E-state index >= 15 is 0 Å². The van der Waals surface area contributed by atoms with Gasteiger partial charge in [0.15, 0.2) is 13.6 Å². The lowest BCUT2D eigenvalue weighted by molar-refractivity contribution is -0.115. The van der Waals surface area contributed by atoms with Gasteiger partial charge >= 0.3 is 0 Å². The van der Waals surface area contributed by atoms with Crippen LogP contribution in [0.2, 0.25) is 0 Å². The number of carbonyl (C=O) groups excluding carboxylic acids is 1. The van der Waals surface area contributed by atoms with Crippen molar-refractivity contribution in [3.63, 3.8) is 0 Å². The molecule has 0 fully saturated rings. The minimum absolute atomic E-state index is 0.0856. The summed E-state index contributed by atoms with van der Waals surface area (Å²) in [6.45, 7) is 1.10. The van der Waals surface area contributed by atoms with Crippen molar-refractivity contribution in [2.75, 3.05) is 11.1 Å². The number of nitrogens with zero attached hydrogens (tertiary/aromatic N) is 4. The van der Waals surface area contributed by atoms with Gasteiger partial charge in [-0.05, 0) is 56.0 Å². The van der Waals surface area contributed by atoms with Crippen molar-refractivity contribution >= 4 is 36.0 Å². The fourth-order valence-corrected chi connectivity index (χ4v) is 3.59. The number of anilines is 2. The molecule has 0 spiro atoms. The van der Waals surface area contributed by atoms with E-state index in [1.165, 1.54) is 11.3 Å². The van der Waals surface area contributed by atoms with Gasteiger partial charge in [-0.25, -0.2) is 4.39 Å². The van der Waals surface area contributed by atoms with Gasteiger partial charge in [0, 0.05) is 6.42 Å². The lowest BCUT2D eigenvalue weighted by Gasteiger charge is -2.18. The highest BCUT2D eigenvalue weighted by Crippen LogP contribution is 2.21. The Hall–Kier alpha value is -3.08. The molecule has 0 saturated carbocycles. The second-order valence-corrected chi connectivity index (χ2v) is 8.18. The monoisotopic (exact) mass is 440 g/mol. The number of aromatic nitrogens is 4. The Balaban J connectivity index is 1.43. The Morgan fingerprint density at radius 2 is 2.00 bits per heavy atom. The van der Waals surface area contributed by atoms with Crippen molar-refractivity contribution in [1.29, 1.82) is 0 Å². The molecule has 1 amide bonds. The number of ether oxygens (including phenoxy) is 1. The highest BCUT2D eigenvalue weighted by molar-refractivity contribution is 7.15. The maximum Gasteiger partial charge on any atom is 0.230 e. The van der Waals surface area contributed by atoms with Gasteiger partial charge in [-0.3, -0.25) is 4.79 Å². The third-order valence-electron chi connectivity index (χ3n) is 4.11. The molecule has 0 bridgehead atoms. The molecule has 1 unspecified atom stereocenters. The number of amides is 1. The van der Waals surface area contributed by atoms with E-state index in [-0.39, 0.29) is 18.1 Å². The molecule has 160 valence electrons. The maximum atomic E-state index is 13.4. The molecule has 2 heterocycles. The summed E-state index contributed by atoms with van der Waals surface area (Å²) in [4.78, 5) is 12.3. The van der Waals surface area contributed by atoms with E-state index in [4.69, 9.17) is 18.3 Å². The van der Waals surface area contributed by atoms with Crippen molar-refractivity contribution < 1.29 is 13.9 Å². The first-order valence-corrected chi connectivity index (χ1v) is 10.5. The van der Waals surface area contributed by atoms with E-state index in [2.05, 4.69) is 25.7 Å². The topological polar surface area (TPSA) is 116 Å². The molecule has 3 aromatic rings. The minimum Gasteiger partial charge on any atom is -0.468 e. The lowest BCUT2D eigenvalue weighted by atomic mass is 9.99. The summed E-state index contributed by atoms with van der Waals surface area (Å²) >= 11 is 1.34. The van der Waals surface area contributed by atoms with Gasteiger partial charge in [0.05, 0.1) is 12.1 Å². The van der Waals surface area contributed by atoms with E-state index in [0.717, 1.165) is 43.3 Å². The molecule has 2 aromatic heterocycles. The van der Waals surface area contributed by atoms with E-state index in [1.54, 1.807) is 30.3 Å². The molecule has 3 rings (SSSR count). The van der Waals surface area contributed by atoms with Gasteiger partial charge in [0.2, 0.25) is 11.0 Å². The number of carbonyl (C=O) groups is 1. The zero-order valence-electron chi connectivity index (χ0n) is 17.0. The van der Waals surface area contributed by atoms with Crippen LogP contribution in [-0.2, 0) is 24.1 Å². The van der Waals surface area contributed by atoms with Crippen LogP contribution in [-0.4, -0.2) is 39.9 Å². The smallest absolute Gasteiger partial charge is 0.230 e. The minimum atomic E-state index is -2.29. The fraction of sp³-hybridized carbons (Fsp3) is 0.350. The Labute approximate surface area is 184 Å². The van der Waals surface area contributed by atoms with Crippen molar-refractivity contribution in [3.8, 4) is 5.75 Å². The van der Waals surface area contributed by atoms with Gasteiger partial charge in [-0.2, -0.15) is 5.10 Å². The number of hydrogen-bond acceptors (Lipinski definition) is 8. The normalized spacial score (nSPS) is 12.8. The van der Waals surface area contributed by atoms with Crippen LogP contribution in [0.15, 0.2) is 36.4 Å². The molecule has 31 heavy (non-hydrogen) atoms. The average Bonchev–Trinajstić information content (AvgIpc) is 3.12. The fourth-order valence-electron chi connectivity index (χ4n) is 2.79. The third kappa shape index (κ3) is 7.93. The second kappa shape index (κ2) is 10.3. The highest BCUT2D eigenvalue weighted by atomic mass is 32.1. The summed E-state index contributed by atoms with van der Waals surface area (Å²) in [5, 5.41) is 20.0. The summed E-state index contributed by atoms with van der Waals surface area (Å²) in [6.07, 6.45) is 3.50. The molecular weight excluding hydrogens is 418 g/mol. The van der Waals surface area contributed by atoms with Crippen LogP contribution in [0.1, 0.15) is 36.0 Å². The zero-order chi connectivity index (χ0) is 22.3. The Morgan fingerprint density at radius 1 is 1.19 bits per heavy atom. The van der Waals surface area contributed by atoms with E-state index in [9.17, 15) is 9.18 Å². The molecule has 0 aliphatic heterocycles. The first-order valence-electron chi connectivity index (χ1n) is 9.73. The Kier molecular flexibility index (Phi) is 7.51. The number of alkyl halides is 1. The maximum absolute atomic E-state index is 13.4. The molecule has 0 aliphatic rings. The quantitative estimate of drug-likeness (QED) is 0.368. The predicted molar refractivity (Wildman–Crippen MR) is 118 cm³/mol. The molecule has 0 saturated heterocycles. The molecule has 1 atom stereocenters. The Bertz CT molecular complexity index is 1010. The number of aryl methyl sites for hydroxylation is 2. The van der Waals surface area contributed by atoms with Crippen molar-refractivity contribution in [3.05, 3.63) is 52.7 Å². The summed E-state index contributed by atoms with van der Waals surface area (Å²) in [5.74, 6) is -1.88. The highest BCUT2D eigenvalue weighted by Gasteiger charge is 2.17. The summed E-state index contributed by atoms with van der Waals surface area (Å²) in [7, 11) is 5.21. The SMILES string of the molecule is [B]C(C)(F)Oc1cccc(CC(=O)Nc2nnc(CCCCc3ccc(N)nn3)s2)c1. The summed E-state index contributed by atoms with van der Waals surface area (Å²) in [6, 6.07) is 10.2. The van der Waals surface area contributed by atoms with Crippen molar-refractivity contribution in [1.82, 2.24) is 20.4 Å². The summed E-state index contributed by atoms with van der Waals surface area (Å²) < 4.78 is 18.4. The molecule has 2 radical (unpaired) electrons. The van der Waals surface area contributed by atoms with Gasteiger partial charge in [-0.1, -0.05) is 23.5 Å². The predicted octanol–water partition coefficient (Wildman–Crippen LogP) is 2.85. The van der Waals surface area contributed by atoms with Crippen LogP contribution in [0, 0.1) is 0 Å². The molecule has 3 N–H and O–H groups in total. The van der Waals surface area contributed by atoms with Crippen LogP contribution in [0.4, 0.5) is 15.3 Å². The number of benzene rings is 1. The van der Waals surface area contributed by atoms with Gasteiger partial charge in [-0.15, -0.1) is 15.3 Å². The van der Waals surface area contributed by atoms with Crippen LogP contribution in [0.25, 0.3) is 0 Å². The van der Waals surface area contributed by atoms with Gasteiger partial charge in [0.1, 0.15) is 16.6 Å².